The standard InChI is InChI=1S/C15H11BrOS/c16-13-14(17)11-8-4-5-9-12(11)18-15(13)10-6-2-1-3-7-10/h1-9,13,15H. The number of thioether (sulfide) groups is 1. The number of Topliss-reactive ketones (excluding diaryl/α,β-unsaturated/α-hetero) is 1. The van der Waals surface area contributed by atoms with Crippen molar-refractivity contribution in [3.8, 4) is 0 Å². The van der Waals surface area contributed by atoms with E-state index in [4.69, 9.17) is 0 Å². The normalized spacial score (nSPS) is 22.6. The third-order valence-electron chi connectivity index (χ3n) is 3.05. The summed E-state index contributed by atoms with van der Waals surface area (Å²) in [6.45, 7) is 0. The van der Waals surface area contributed by atoms with Gasteiger partial charge in [0.25, 0.3) is 0 Å². The molecular weight excluding hydrogens is 308 g/mol. The molecule has 1 aliphatic rings. The quantitative estimate of drug-likeness (QED) is 0.721. The van der Waals surface area contributed by atoms with E-state index in [-0.39, 0.29) is 15.9 Å². The topological polar surface area (TPSA) is 17.1 Å². The van der Waals surface area contributed by atoms with Crippen LogP contribution in [0.2, 0.25) is 0 Å². The maximum Gasteiger partial charge on any atom is 0.179 e. The lowest BCUT2D eigenvalue weighted by Crippen LogP contribution is -2.25. The Kier molecular flexibility index (Phi) is 3.27. The van der Waals surface area contributed by atoms with E-state index in [1.54, 1.807) is 11.8 Å². The summed E-state index contributed by atoms with van der Waals surface area (Å²) < 4.78 is 0. The van der Waals surface area contributed by atoms with Gasteiger partial charge in [0.05, 0.1) is 10.1 Å². The Balaban J connectivity index is 2.04. The predicted molar refractivity (Wildman–Crippen MR) is 78.5 cm³/mol. The molecule has 2 aromatic rings. The van der Waals surface area contributed by atoms with Gasteiger partial charge < -0.3 is 0 Å². The third kappa shape index (κ3) is 2.02. The average Bonchev–Trinajstić information content (AvgIpc) is 2.44. The number of carbonyl (C=O) groups is 1. The number of benzene rings is 2. The van der Waals surface area contributed by atoms with Crippen molar-refractivity contribution < 1.29 is 4.79 Å². The lowest BCUT2D eigenvalue weighted by atomic mass is 10.0. The molecule has 0 N–H and O–H groups in total. The fraction of sp³-hybridized carbons (Fsp3) is 0.133. The summed E-state index contributed by atoms with van der Waals surface area (Å²) in [5.41, 5.74) is 2.02. The number of fused-ring (bicyclic) bond motifs is 1. The number of alkyl halides is 1. The Morgan fingerprint density at radius 1 is 0.944 bits per heavy atom. The first-order chi connectivity index (χ1) is 8.77. The molecule has 0 saturated carbocycles. The van der Waals surface area contributed by atoms with Crippen molar-refractivity contribution >= 4 is 33.5 Å². The summed E-state index contributed by atoms with van der Waals surface area (Å²) in [4.78, 5) is 13.3. The highest BCUT2D eigenvalue weighted by Crippen LogP contribution is 2.47. The minimum Gasteiger partial charge on any atom is -0.293 e. The first-order valence-corrected chi connectivity index (χ1v) is 7.56. The van der Waals surface area contributed by atoms with Gasteiger partial charge in [0.2, 0.25) is 0 Å². The van der Waals surface area contributed by atoms with E-state index in [1.807, 2.05) is 42.5 Å². The minimum atomic E-state index is -0.153. The van der Waals surface area contributed by atoms with Crippen molar-refractivity contribution in [1.29, 1.82) is 0 Å². The van der Waals surface area contributed by atoms with Gasteiger partial charge in [-0.1, -0.05) is 64.5 Å². The Hall–Kier alpha value is -1.06. The van der Waals surface area contributed by atoms with Gasteiger partial charge in [-0.15, -0.1) is 11.8 Å². The van der Waals surface area contributed by atoms with Gasteiger partial charge in [0.1, 0.15) is 0 Å². The number of hydrogen-bond acceptors (Lipinski definition) is 2. The smallest absolute Gasteiger partial charge is 0.179 e. The fourth-order valence-corrected chi connectivity index (χ4v) is 4.27. The first-order valence-electron chi connectivity index (χ1n) is 5.76. The number of carbonyl (C=O) groups excluding carboxylic acids is 1. The van der Waals surface area contributed by atoms with Crippen LogP contribution in [0.15, 0.2) is 59.5 Å². The van der Waals surface area contributed by atoms with Crippen molar-refractivity contribution in [2.24, 2.45) is 0 Å². The van der Waals surface area contributed by atoms with Crippen LogP contribution in [0, 0.1) is 0 Å². The fourth-order valence-electron chi connectivity index (χ4n) is 2.14. The van der Waals surface area contributed by atoms with Gasteiger partial charge in [0.15, 0.2) is 5.78 Å². The van der Waals surface area contributed by atoms with E-state index in [0.717, 1.165) is 10.5 Å². The molecule has 2 aromatic carbocycles. The van der Waals surface area contributed by atoms with Crippen molar-refractivity contribution in [2.75, 3.05) is 0 Å². The molecule has 18 heavy (non-hydrogen) atoms. The number of halogens is 1. The van der Waals surface area contributed by atoms with E-state index in [0.29, 0.717) is 0 Å². The Labute approximate surface area is 119 Å². The molecule has 0 spiro atoms. The minimum absolute atomic E-state index is 0.147. The molecule has 0 aromatic heterocycles. The van der Waals surface area contributed by atoms with Crippen molar-refractivity contribution in [3.63, 3.8) is 0 Å². The molecule has 2 unspecified atom stereocenters. The van der Waals surface area contributed by atoms with Crippen LogP contribution in [-0.2, 0) is 0 Å². The van der Waals surface area contributed by atoms with Gasteiger partial charge in [-0.3, -0.25) is 4.79 Å². The van der Waals surface area contributed by atoms with Crippen molar-refractivity contribution in [2.45, 2.75) is 15.0 Å². The van der Waals surface area contributed by atoms with E-state index in [1.165, 1.54) is 5.56 Å². The van der Waals surface area contributed by atoms with Gasteiger partial charge in [-0.2, -0.15) is 0 Å². The Bertz CT molecular complexity index is 582. The number of hydrogen-bond donors (Lipinski definition) is 0. The Morgan fingerprint density at radius 3 is 2.39 bits per heavy atom. The van der Waals surface area contributed by atoms with Crippen molar-refractivity contribution in [1.82, 2.24) is 0 Å². The lowest BCUT2D eigenvalue weighted by Gasteiger charge is -2.28. The van der Waals surface area contributed by atoms with Gasteiger partial charge in [0, 0.05) is 10.5 Å². The van der Waals surface area contributed by atoms with Crippen LogP contribution in [0.1, 0.15) is 21.2 Å². The molecule has 0 aliphatic carbocycles. The summed E-state index contributed by atoms with van der Waals surface area (Å²) >= 11 is 5.31. The molecule has 2 atom stereocenters. The van der Waals surface area contributed by atoms with Crippen LogP contribution >= 0.6 is 27.7 Å². The van der Waals surface area contributed by atoms with Crippen molar-refractivity contribution in [3.05, 3.63) is 65.7 Å². The van der Waals surface area contributed by atoms with Crippen LogP contribution < -0.4 is 0 Å². The molecular formula is C15H11BrOS. The molecule has 0 radical (unpaired) electrons. The summed E-state index contributed by atoms with van der Waals surface area (Å²) in [7, 11) is 0. The van der Waals surface area contributed by atoms with E-state index in [9.17, 15) is 4.79 Å². The molecule has 0 amide bonds. The predicted octanol–water partition coefficient (Wildman–Crippen LogP) is 4.48. The zero-order chi connectivity index (χ0) is 12.5. The molecule has 3 heteroatoms. The van der Waals surface area contributed by atoms with Gasteiger partial charge in [-0.25, -0.2) is 0 Å². The average molecular weight is 319 g/mol. The molecule has 1 nitrogen and oxygen atoms in total. The number of ketones is 1. The first kappa shape index (κ1) is 12.0. The van der Waals surface area contributed by atoms with Gasteiger partial charge in [-0.05, 0) is 11.6 Å². The van der Waals surface area contributed by atoms with Gasteiger partial charge >= 0.3 is 0 Å². The van der Waals surface area contributed by atoms with Crippen LogP contribution in [0.5, 0.6) is 0 Å². The number of rotatable bonds is 1. The summed E-state index contributed by atoms with van der Waals surface area (Å²) in [5, 5.41) is 0.147. The molecule has 0 fully saturated rings. The highest BCUT2D eigenvalue weighted by molar-refractivity contribution is 9.10. The van der Waals surface area contributed by atoms with E-state index < -0.39 is 0 Å². The maximum atomic E-state index is 12.3. The van der Waals surface area contributed by atoms with Crippen LogP contribution in [0.4, 0.5) is 0 Å². The second-order valence-corrected chi connectivity index (χ2v) is 6.38. The van der Waals surface area contributed by atoms with Crippen LogP contribution in [-0.4, -0.2) is 10.6 Å². The highest BCUT2D eigenvalue weighted by Gasteiger charge is 2.34. The molecule has 1 aliphatic heterocycles. The monoisotopic (exact) mass is 318 g/mol. The maximum absolute atomic E-state index is 12.3. The zero-order valence-electron chi connectivity index (χ0n) is 9.55. The molecule has 0 saturated heterocycles. The van der Waals surface area contributed by atoms with E-state index >= 15 is 0 Å². The third-order valence-corrected chi connectivity index (χ3v) is 5.75. The van der Waals surface area contributed by atoms with E-state index in [2.05, 4.69) is 28.1 Å². The summed E-state index contributed by atoms with van der Waals surface area (Å²) in [6, 6.07) is 18.0. The largest absolute Gasteiger partial charge is 0.293 e. The SMILES string of the molecule is O=C1c2ccccc2SC(c2ccccc2)C1Br. The molecule has 90 valence electrons. The highest BCUT2D eigenvalue weighted by atomic mass is 79.9. The zero-order valence-corrected chi connectivity index (χ0v) is 11.9. The second kappa shape index (κ2) is 4.90. The van der Waals surface area contributed by atoms with Crippen LogP contribution in [0.3, 0.4) is 0 Å². The Morgan fingerprint density at radius 2 is 1.61 bits per heavy atom. The molecule has 1 heterocycles. The lowest BCUT2D eigenvalue weighted by molar-refractivity contribution is 0.0985. The summed E-state index contributed by atoms with van der Waals surface area (Å²) in [5.74, 6) is 0.179. The second-order valence-electron chi connectivity index (χ2n) is 4.21. The molecule has 0 bridgehead atoms. The van der Waals surface area contributed by atoms with Crippen LogP contribution in [0.25, 0.3) is 0 Å². The summed E-state index contributed by atoms with van der Waals surface area (Å²) in [6.07, 6.45) is 0. The molecule has 3 rings (SSSR count).